The van der Waals surface area contributed by atoms with Crippen molar-refractivity contribution in [2.75, 3.05) is 13.1 Å². The Labute approximate surface area is 216 Å². The monoisotopic (exact) mass is 490 g/mol. The van der Waals surface area contributed by atoms with Crippen molar-refractivity contribution < 1.29 is 0 Å². The van der Waals surface area contributed by atoms with E-state index in [1.54, 1.807) is 0 Å². The third kappa shape index (κ3) is 7.13. The van der Waals surface area contributed by atoms with Crippen LogP contribution in [0.25, 0.3) is 0 Å². The van der Waals surface area contributed by atoms with Crippen LogP contribution in [0.5, 0.6) is 0 Å². The maximum Gasteiger partial charge on any atom is 0.0584 e. The van der Waals surface area contributed by atoms with Crippen molar-refractivity contribution in [3.8, 4) is 0 Å². The average molecular weight is 491 g/mol. The molecule has 0 amide bonds. The Morgan fingerprint density at radius 1 is 1.00 bits per heavy atom. The molecule has 1 saturated carbocycles. The molecular weight excluding hydrogens is 452 g/mol. The van der Waals surface area contributed by atoms with Gasteiger partial charge in [0, 0.05) is 42.0 Å². The number of nitrogens with zero attached hydrogens (tertiary/aromatic N) is 3. The minimum Gasteiger partial charge on any atom is -0.314 e. The number of nitrogens with one attached hydrogen (secondary N) is 1. The van der Waals surface area contributed by atoms with Gasteiger partial charge < -0.3 is 5.32 Å². The molecule has 2 aromatic heterocycles. The molecule has 2 heterocycles. The molecule has 1 aliphatic carbocycles. The third-order valence-electron chi connectivity index (χ3n) is 7.11. The van der Waals surface area contributed by atoms with Crippen LogP contribution in [0.4, 0.5) is 0 Å². The predicted octanol–water partition coefficient (Wildman–Crippen LogP) is 6.61. The molecule has 0 aliphatic heterocycles. The largest absolute Gasteiger partial charge is 0.314 e. The molecule has 0 spiro atoms. The van der Waals surface area contributed by atoms with Gasteiger partial charge in [0.15, 0.2) is 0 Å². The molecule has 3 aromatic rings. The third-order valence-corrected chi connectivity index (χ3v) is 7.36. The van der Waals surface area contributed by atoms with Crippen LogP contribution in [0, 0.1) is 13.8 Å². The summed E-state index contributed by atoms with van der Waals surface area (Å²) in [5.74, 6) is 0. The minimum atomic E-state index is -0.175. The lowest BCUT2D eigenvalue weighted by Gasteiger charge is -2.30. The fraction of sp³-hybridized carbons (Fsp3) is 0.467. The predicted molar refractivity (Wildman–Crippen MR) is 146 cm³/mol. The van der Waals surface area contributed by atoms with Gasteiger partial charge in [-0.15, -0.1) is 0 Å². The van der Waals surface area contributed by atoms with Crippen molar-refractivity contribution in [2.45, 2.75) is 77.9 Å². The molecule has 0 radical (unpaired) electrons. The van der Waals surface area contributed by atoms with E-state index in [1.807, 2.05) is 24.5 Å². The zero-order valence-corrected chi connectivity index (χ0v) is 22.4. The van der Waals surface area contributed by atoms with Crippen LogP contribution in [-0.2, 0) is 18.5 Å². The van der Waals surface area contributed by atoms with E-state index in [2.05, 4.69) is 68.2 Å². The standard InChI is InChI=1S/C30H39ClN4/c1-22-18-23(2)28(34-19-22)20-35(17-6-5-15-32-26-13-14-26)21-29-27(8-7-16-33-29)30(3,4)24-9-11-25(31)12-10-24/h7-12,16,18-19,26,32H,5-6,13-15,17,20-21H2,1-4H3. The van der Waals surface area contributed by atoms with E-state index in [9.17, 15) is 0 Å². The first-order chi connectivity index (χ1) is 16.8. The van der Waals surface area contributed by atoms with Gasteiger partial charge >= 0.3 is 0 Å². The fourth-order valence-electron chi connectivity index (χ4n) is 4.76. The highest BCUT2D eigenvalue weighted by Gasteiger charge is 2.27. The molecule has 186 valence electrons. The van der Waals surface area contributed by atoms with Crippen LogP contribution in [0.3, 0.4) is 0 Å². The van der Waals surface area contributed by atoms with E-state index in [0.29, 0.717) is 0 Å². The summed E-state index contributed by atoms with van der Waals surface area (Å²) < 4.78 is 0. The van der Waals surface area contributed by atoms with Crippen LogP contribution in [-0.4, -0.2) is 34.0 Å². The molecule has 0 saturated heterocycles. The summed E-state index contributed by atoms with van der Waals surface area (Å²) in [4.78, 5) is 12.2. The van der Waals surface area contributed by atoms with Gasteiger partial charge in [0.1, 0.15) is 0 Å². The lowest BCUT2D eigenvalue weighted by molar-refractivity contribution is 0.243. The number of halogens is 1. The maximum atomic E-state index is 6.17. The first-order valence-electron chi connectivity index (χ1n) is 12.9. The van der Waals surface area contributed by atoms with E-state index in [1.165, 1.54) is 41.5 Å². The van der Waals surface area contributed by atoms with Crippen LogP contribution in [0.15, 0.2) is 54.9 Å². The van der Waals surface area contributed by atoms with Crippen LogP contribution >= 0.6 is 11.6 Å². The summed E-state index contributed by atoms with van der Waals surface area (Å²) >= 11 is 6.17. The highest BCUT2D eigenvalue weighted by Crippen LogP contribution is 2.34. The molecule has 1 aliphatic rings. The highest BCUT2D eigenvalue weighted by molar-refractivity contribution is 6.30. The molecule has 35 heavy (non-hydrogen) atoms. The Balaban J connectivity index is 1.53. The van der Waals surface area contributed by atoms with Crippen molar-refractivity contribution in [2.24, 2.45) is 0 Å². The van der Waals surface area contributed by atoms with Crippen LogP contribution < -0.4 is 5.32 Å². The van der Waals surface area contributed by atoms with Gasteiger partial charge in [-0.25, -0.2) is 0 Å². The molecule has 4 nitrogen and oxygen atoms in total. The minimum absolute atomic E-state index is 0.175. The normalized spacial score (nSPS) is 14.0. The summed E-state index contributed by atoms with van der Waals surface area (Å²) in [6.07, 6.45) is 8.94. The van der Waals surface area contributed by atoms with Crippen LogP contribution in [0.1, 0.15) is 73.2 Å². The van der Waals surface area contributed by atoms with Crippen molar-refractivity contribution in [3.05, 3.63) is 93.5 Å². The van der Waals surface area contributed by atoms with Gasteiger partial charge in [-0.05, 0) is 93.1 Å². The van der Waals surface area contributed by atoms with E-state index < -0.39 is 0 Å². The highest BCUT2D eigenvalue weighted by atomic mass is 35.5. The number of pyridine rings is 2. The fourth-order valence-corrected chi connectivity index (χ4v) is 4.88. The Bertz CT molecular complexity index is 1110. The van der Waals surface area contributed by atoms with Crippen molar-refractivity contribution in [3.63, 3.8) is 0 Å². The van der Waals surface area contributed by atoms with Gasteiger partial charge in [0.2, 0.25) is 0 Å². The average Bonchev–Trinajstić information content (AvgIpc) is 3.65. The number of benzene rings is 1. The first kappa shape index (κ1) is 25.8. The summed E-state index contributed by atoms with van der Waals surface area (Å²) in [5, 5.41) is 4.41. The smallest absolute Gasteiger partial charge is 0.0584 e. The molecule has 5 heteroatoms. The first-order valence-corrected chi connectivity index (χ1v) is 13.3. The second-order valence-electron chi connectivity index (χ2n) is 10.6. The Kier molecular flexibility index (Phi) is 8.59. The zero-order valence-electron chi connectivity index (χ0n) is 21.6. The SMILES string of the molecule is Cc1cnc(CN(CCCCNC2CC2)Cc2ncccc2C(C)(C)c2ccc(Cl)cc2)c(C)c1. The molecule has 1 aromatic carbocycles. The number of hydrogen-bond donors (Lipinski definition) is 1. The van der Waals surface area contributed by atoms with Gasteiger partial charge in [-0.2, -0.15) is 0 Å². The van der Waals surface area contributed by atoms with Crippen LogP contribution in [0.2, 0.25) is 5.02 Å². The number of aromatic nitrogens is 2. The topological polar surface area (TPSA) is 41.1 Å². The van der Waals surface area contributed by atoms with Gasteiger partial charge in [-0.3, -0.25) is 14.9 Å². The Morgan fingerprint density at radius 3 is 2.46 bits per heavy atom. The van der Waals surface area contributed by atoms with Crippen molar-refractivity contribution >= 4 is 11.6 Å². The number of rotatable bonds is 12. The second-order valence-corrected chi connectivity index (χ2v) is 11.0. The number of aryl methyl sites for hydroxylation is 2. The lowest BCUT2D eigenvalue weighted by atomic mass is 9.77. The molecule has 0 bridgehead atoms. The van der Waals surface area contributed by atoms with Gasteiger partial charge in [0.05, 0.1) is 11.4 Å². The molecule has 1 N–H and O–H groups in total. The van der Waals surface area contributed by atoms with Gasteiger partial charge in [0.25, 0.3) is 0 Å². The summed E-state index contributed by atoms with van der Waals surface area (Å²) in [5.41, 5.74) is 7.08. The molecule has 1 fully saturated rings. The number of hydrogen-bond acceptors (Lipinski definition) is 4. The molecule has 0 atom stereocenters. The van der Waals surface area contributed by atoms with Gasteiger partial charge in [-0.1, -0.05) is 49.7 Å². The second kappa shape index (κ2) is 11.6. The summed E-state index contributed by atoms with van der Waals surface area (Å²) in [7, 11) is 0. The molecule has 4 rings (SSSR count). The van der Waals surface area contributed by atoms with Crippen molar-refractivity contribution in [1.82, 2.24) is 20.2 Å². The summed E-state index contributed by atoms with van der Waals surface area (Å²) in [6, 6.07) is 15.5. The molecule has 0 unspecified atom stereocenters. The van der Waals surface area contributed by atoms with Crippen molar-refractivity contribution in [1.29, 1.82) is 0 Å². The lowest BCUT2D eigenvalue weighted by Crippen LogP contribution is -2.29. The molecular formula is C30H39ClN4. The van der Waals surface area contributed by atoms with E-state index in [0.717, 1.165) is 55.1 Å². The van der Waals surface area contributed by atoms with E-state index >= 15 is 0 Å². The van der Waals surface area contributed by atoms with E-state index in [4.69, 9.17) is 21.6 Å². The number of unbranched alkanes of at least 4 members (excludes halogenated alkanes) is 1. The Morgan fingerprint density at radius 2 is 1.74 bits per heavy atom. The van der Waals surface area contributed by atoms with E-state index in [-0.39, 0.29) is 5.41 Å². The Hall–Kier alpha value is -2.27. The maximum absolute atomic E-state index is 6.17. The zero-order chi connectivity index (χ0) is 24.8. The quantitative estimate of drug-likeness (QED) is 0.290. The summed E-state index contributed by atoms with van der Waals surface area (Å²) in [6.45, 7) is 12.6.